The average molecular weight is 282 g/mol. The highest BCUT2D eigenvalue weighted by atomic mass is 16.5. The minimum atomic E-state index is 0.447. The van der Waals surface area contributed by atoms with Gasteiger partial charge in [-0.15, -0.1) is 0 Å². The zero-order valence-electron chi connectivity index (χ0n) is 12.9. The number of hydrogen-bond acceptors (Lipinski definition) is 4. The molecule has 0 radical (unpaired) electrons. The lowest BCUT2D eigenvalue weighted by Crippen LogP contribution is -2.47. The second kappa shape index (κ2) is 6.73. The van der Waals surface area contributed by atoms with Crippen molar-refractivity contribution in [1.29, 1.82) is 0 Å². The minimum Gasteiger partial charge on any atom is -0.384 e. The fourth-order valence-electron chi connectivity index (χ4n) is 3.75. The van der Waals surface area contributed by atoms with E-state index >= 15 is 0 Å². The van der Waals surface area contributed by atoms with Crippen molar-refractivity contribution in [2.75, 3.05) is 53.1 Å². The Hall–Kier alpha value is -0.160. The third kappa shape index (κ3) is 3.94. The summed E-state index contributed by atoms with van der Waals surface area (Å²) in [5.74, 6) is 0.744. The van der Waals surface area contributed by atoms with E-state index < -0.39 is 0 Å². The van der Waals surface area contributed by atoms with Gasteiger partial charge in [0.1, 0.15) is 0 Å². The maximum Gasteiger partial charge on any atom is 0.0503 e. The Labute approximate surface area is 123 Å². The van der Waals surface area contributed by atoms with Gasteiger partial charge in [0, 0.05) is 46.0 Å². The predicted molar refractivity (Wildman–Crippen MR) is 79.9 cm³/mol. The van der Waals surface area contributed by atoms with Crippen LogP contribution in [0.25, 0.3) is 0 Å². The summed E-state index contributed by atoms with van der Waals surface area (Å²) in [6.45, 7) is 7.72. The highest BCUT2D eigenvalue weighted by molar-refractivity contribution is 4.92. The highest BCUT2D eigenvalue weighted by Crippen LogP contribution is 2.34. The van der Waals surface area contributed by atoms with Crippen LogP contribution in [0, 0.1) is 11.3 Å². The molecule has 1 atom stereocenters. The first-order valence-electron chi connectivity index (χ1n) is 8.32. The molecular weight excluding hydrogens is 252 g/mol. The summed E-state index contributed by atoms with van der Waals surface area (Å²) in [6, 6.07) is 0.814. The van der Waals surface area contributed by atoms with Gasteiger partial charge in [-0.05, 0) is 50.0 Å². The quantitative estimate of drug-likeness (QED) is 0.767. The molecule has 1 saturated carbocycles. The summed E-state index contributed by atoms with van der Waals surface area (Å²) in [7, 11) is 1.82. The van der Waals surface area contributed by atoms with Crippen molar-refractivity contribution in [1.82, 2.24) is 10.2 Å². The maximum absolute atomic E-state index is 5.61. The fourth-order valence-corrected chi connectivity index (χ4v) is 3.75. The first-order chi connectivity index (χ1) is 9.80. The summed E-state index contributed by atoms with van der Waals surface area (Å²) < 4.78 is 10.9. The van der Waals surface area contributed by atoms with Crippen LogP contribution in [0.5, 0.6) is 0 Å². The molecule has 4 heteroatoms. The lowest BCUT2D eigenvalue weighted by atomic mass is 9.79. The zero-order valence-corrected chi connectivity index (χ0v) is 12.9. The maximum atomic E-state index is 5.61. The number of ether oxygens (including phenoxy) is 2. The van der Waals surface area contributed by atoms with Gasteiger partial charge in [0.25, 0.3) is 0 Å². The number of nitrogens with zero attached hydrogens (tertiary/aromatic N) is 1. The van der Waals surface area contributed by atoms with Crippen LogP contribution >= 0.6 is 0 Å². The Kier molecular flexibility index (Phi) is 4.97. The Bertz CT molecular complexity index is 301. The van der Waals surface area contributed by atoms with E-state index in [1.54, 1.807) is 0 Å². The van der Waals surface area contributed by atoms with Crippen LogP contribution in [0.1, 0.15) is 32.1 Å². The SMILES string of the molecule is COCC1CCN(CC2(CNC3CC3)CCOCC2)C1. The molecule has 0 bridgehead atoms. The van der Waals surface area contributed by atoms with E-state index in [4.69, 9.17) is 9.47 Å². The predicted octanol–water partition coefficient (Wildman–Crippen LogP) is 1.50. The largest absolute Gasteiger partial charge is 0.384 e. The standard InChI is InChI=1S/C16H30N2O2/c1-19-11-14-4-7-18(10-14)13-16(5-8-20-9-6-16)12-17-15-2-3-15/h14-15,17H,2-13H2,1H3. The van der Waals surface area contributed by atoms with Crippen LogP contribution in [-0.2, 0) is 9.47 Å². The van der Waals surface area contributed by atoms with Gasteiger partial charge in [0.05, 0.1) is 6.61 Å². The molecule has 3 rings (SSSR count). The normalized spacial score (nSPS) is 30.8. The smallest absolute Gasteiger partial charge is 0.0503 e. The van der Waals surface area contributed by atoms with E-state index in [1.807, 2.05) is 7.11 Å². The molecule has 0 spiro atoms. The van der Waals surface area contributed by atoms with Gasteiger partial charge < -0.3 is 19.7 Å². The van der Waals surface area contributed by atoms with Crippen molar-refractivity contribution in [3.63, 3.8) is 0 Å². The molecule has 3 fully saturated rings. The van der Waals surface area contributed by atoms with Crippen molar-refractivity contribution in [3.8, 4) is 0 Å². The van der Waals surface area contributed by atoms with Gasteiger partial charge in [0.15, 0.2) is 0 Å². The lowest BCUT2D eigenvalue weighted by Gasteiger charge is -2.40. The fraction of sp³-hybridized carbons (Fsp3) is 1.00. The van der Waals surface area contributed by atoms with Crippen molar-refractivity contribution < 1.29 is 9.47 Å². The van der Waals surface area contributed by atoms with E-state index in [0.717, 1.165) is 31.8 Å². The van der Waals surface area contributed by atoms with Gasteiger partial charge in [-0.1, -0.05) is 0 Å². The van der Waals surface area contributed by atoms with Crippen LogP contribution in [0.2, 0.25) is 0 Å². The van der Waals surface area contributed by atoms with Crippen molar-refractivity contribution in [2.45, 2.75) is 38.1 Å². The lowest BCUT2D eigenvalue weighted by molar-refractivity contribution is -0.00211. The second-order valence-electron chi connectivity index (χ2n) is 7.11. The zero-order chi connectivity index (χ0) is 13.8. The third-order valence-electron chi connectivity index (χ3n) is 5.23. The Morgan fingerprint density at radius 1 is 1.25 bits per heavy atom. The van der Waals surface area contributed by atoms with Crippen LogP contribution in [0.3, 0.4) is 0 Å². The van der Waals surface area contributed by atoms with Gasteiger partial charge >= 0.3 is 0 Å². The van der Waals surface area contributed by atoms with Gasteiger partial charge in [-0.25, -0.2) is 0 Å². The molecule has 4 nitrogen and oxygen atoms in total. The average Bonchev–Trinajstić information content (AvgIpc) is 3.20. The minimum absolute atomic E-state index is 0.447. The Morgan fingerprint density at radius 3 is 2.75 bits per heavy atom. The highest BCUT2D eigenvalue weighted by Gasteiger charge is 2.37. The van der Waals surface area contributed by atoms with Crippen molar-refractivity contribution in [3.05, 3.63) is 0 Å². The number of methoxy groups -OCH3 is 1. The number of nitrogens with one attached hydrogen (secondary N) is 1. The molecule has 1 aliphatic carbocycles. The summed E-state index contributed by atoms with van der Waals surface area (Å²) in [4.78, 5) is 2.67. The summed E-state index contributed by atoms with van der Waals surface area (Å²) in [5, 5.41) is 3.77. The van der Waals surface area contributed by atoms with Crippen LogP contribution in [0.4, 0.5) is 0 Å². The van der Waals surface area contributed by atoms with Gasteiger partial charge in [0.2, 0.25) is 0 Å². The van der Waals surface area contributed by atoms with E-state index in [1.165, 1.54) is 58.3 Å². The first-order valence-corrected chi connectivity index (χ1v) is 8.32. The molecule has 2 heterocycles. The topological polar surface area (TPSA) is 33.7 Å². The molecule has 0 aromatic rings. The molecule has 0 aromatic carbocycles. The third-order valence-corrected chi connectivity index (χ3v) is 5.23. The van der Waals surface area contributed by atoms with E-state index in [9.17, 15) is 0 Å². The second-order valence-corrected chi connectivity index (χ2v) is 7.11. The van der Waals surface area contributed by atoms with Crippen LogP contribution in [0.15, 0.2) is 0 Å². The first kappa shape index (κ1) is 14.8. The summed E-state index contributed by atoms with van der Waals surface area (Å²) in [6.07, 6.45) is 6.51. The van der Waals surface area contributed by atoms with Crippen LogP contribution in [-0.4, -0.2) is 64.1 Å². The monoisotopic (exact) mass is 282 g/mol. The molecule has 1 N–H and O–H groups in total. The van der Waals surface area contributed by atoms with E-state index in [-0.39, 0.29) is 0 Å². The van der Waals surface area contributed by atoms with Gasteiger partial charge in [-0.2, -0.15) is 0 Å². The van der Waals surface area contributed by atoms with Crippen molar-refractivity contribution >= 4 is 0 Å². The molecule has 2 saturated heterocycles. The van der Waals surface area contributed by atoms with E-state index in [0.29, 0.717) is 5.41 Å². The Balaban J connectivity index is 1.52. The molecule has 0 aromatic heterocycles. The molecule has 116 valence electrons. The summed E-state index contributed by atoms with van der Waals surface area (Å²) >= 11 is 0. The molecule has 2 aliphatic heterocycles. The number of likely N-dealkylation sites (tertiary alicyclic amines) is 1. The molecule has 0 amide bonds. The number of hydrogen-bond donors (Lipinski definition) is 1. The van der Waals surface area contributed by atoms with Gasteiger partial charge in [-0.3, -0.25) is 0 Å². The summed E-state index contributed by atoms with van der Waals surface area (Å²) in [5.41, 5.74) is 0.447. The number of rotatable bonds is 7. The molecule has 3 aliphatic rings. The Morgan fingerprint density at radius 2 is 2.05 bits per heavy atom. The molecular formula is C16H30N2O2. The molecule has 1 unspecified atom stereocenters. The van der Waals surface area contributed by atoms with Crippen LogP contribution < -0.4 is 5.32 Å². The van der Waals surface area contributed by atoms with E-state index in [2.05, 4.69) is 10.2 Å². The van der Waals surface area contributed by atoms with Crippen molar-refractivity contribution in [2.24, 2.45) is 11.3 Å². The molecule has 20 heavy (non-hydrogen) atoms.